The van der Waals surface area contributed by atoms with E-state index in [2.05, 4.69) is 30.8 Å². The van der Waals surface area contributed by atoms with Crippen molar-refractivity contribution >= 4 is 14.0 Å². The number of carbonyl (C=O) groups excluding carboxylic acids is 1. The Morgan fingerprint density at radius 2 is 2.00 bits per heavy atom. The van der Waals surface area contributed by atoms with Gasteiger partial charge < -0.3 is 14.7 Å². The van der Waals surface area contributed by atoms with Gasteiger partial charge in [-0.1, -0.05) is 43.9 Å². The fourth-order valence-electron chi connectivity index (χ4n) is 4.75. The number of hydrogen-bond donors (Lipinski definition) is 1. The van der Waals surface area contributed by atoms with E-state index in [1.165, 1.54) is 23.0 Å². The molecule has 3 aromatic rings. The van der Waals surface area contributed by atoms with Gasteiger partial charge in [0.05, 0.1) is 17.8 Å². The molecule has 1 fully saturated rings. The van der Waals surface area contributed by atoms with Gasteiger partial charge in [0.1, 0.15) is 12.5 Å². The summed E-state index contributed by atoms with van der Waals surface area (Å²) in [6.07, 6.45) is 4.51. The Bertz CT molecular complexity index is 1450. The Balaban J connectivity index is 1.57. The lowest BCUT2D eigenvalue weighted by atomic mass is 9.85. The molecule has 40 heavy (non-hydrogen) atoms. The van der Waals surface area contributed by atoms with Gasteiger partial charge in [-0.25, -0.2) is 9.07 Å². The topological polar surface area (TPSA) is 108 Å². The first-order chi connectivity index (χ1) is 19.1. The van der Waals surface area contributed by atoms with Crippen molar-refractivity contribution in [3.63, 3.8) is 0 Å². The number of aromatic nitrogens is 2. The standard InChI is InChI=1S/C30H34FN4O4Si/c1-40(2,3)15-14-39-20-34-19-27(36)29(37)28(33-34)30(38)35-13-5-8-25(35)17-26(23-6-4-7-24(31)16-23)22-11-9-21(18-32)10-12-22/h4,6-7,9-12,16-17,19,25-26,36H,5,8,13-15,20H2,1-3H3/t25-,26+/m0/s1. The van der Waals surface area contributed by atoms with Gasteiger partial charge >= 0.3 is 0 Å². The largest absolute Gasteiger partial charge is 0.503 e. The molecule has 1 aliphatic rings. The Morgan fingerprint density at radius 3 is 2.67 bits per heavy atom. The molecule has 0 spiro atoms. The second-order valence-corrected chi connectivity index (χ2v) is 16.9. The van der Waals surface area contributed by atoms with E-state index in [4.69, 9.17) is 4.74 Å². The molecule has 1 aromatic heterocycles. The third kappa shape index (κ3) is 7.23. The second-order valence-electron chi connectivity index (χ2n) is 11.2. The number of rotatable bonds is 10. The number of nitriles is 1. The molecular formula is C30H34FN4O4Si. The SMILES string of the molecule is C[Si](C)(C)CCOCn1cc(O)c(=O)c(C(=O)N2CCC[C@H]2[CH][C@H](c2ccc(C#N)cc2)c2cccc(F)c2)n1. The highest BCUT2D eigenvalue weighted by molar-refractivity contribution is 6.76. The van der Waals surface area contributed by atoms with Crippen LogP contribution in [0.25, 0.3) is 0 Å². The van der Waals surface area contributed by atoms with E-state index in [0.717, 1.165) is 11.6 Å². The quantitative estimate of drug-likeness (QED) is 0.278. The zero-order valence-electron chi connectivity index (χ0n) is 23.0. The van der Waals surface area contributed by atoms with Gasteiger partial charge in [-0.2, -0.15) is 10.4 Å². The maximum atomic E-state index is 14.2. The van der Waals surface area contributed by atoms with Gasteiger partial charge in [-0.15, -0.1) is 0 Å². The van der Waals surface area contributed by atoms with Crippen LogP contribution in [-0.2, 0) is 11.5 Å². The summed E-state index contributed by atoms with van der Waals surface area (Å²) >= 11 is 0. The van der Waals surface area contributed by atoms with Crippen LogP contribution in [0.15, 0.2) is 59.5 Å². The van der Waals surface area contributed by atoms with Crippen LogP contribution in [0, 0.1) is 23.6 Å². The number of amides is 1. The second kappa shape index (κ2) is 12.6. The van der Waals surface area contributed by atoms with Crippen LogP contribution in [0.3, 0.4) is 0 Å². The van der Waals surface area contributed by atoms with Gasteiger partial charge in [0.25, 0.3) is 11.3 Å². The Hall–Kier alpha value is -3.81. The van der Waals surface area contributed by atoms with Crippen molar-refractivity contribution in [1.29, 1.82) is 5.26 Å². The van der Waals surface area contributed by atoms with Crippen molar-refractivity contribution in [2.24, 2.45) is 0 Å². The number of hydrogen-bond acceptors (Lipinski definition) is 6. The third-order valence-corrected chi connectivity index (χ3v) is 8.66. The number of halogens is 1. The average Bonchev–Trinajstić information content (AvgIpc) is 3.39. The maximum Gasteiger partial charge on any atom is 0.278 e. The van der Waals surface area contributed by atoms with Gasteiger partial charge in [0.15, 0.2) is 11.4 Å². The van der Waals surface area contributed by atoms with E-state index in [1.54, 1.807) is 23.1 Å². The lowest BCUT2D eigenvalue weighted by Crippen LogP contribution is -2.40. The summed E-state index contributed by atoms with van der Waals surface area (Å²) in [6.45, 7) is 7.65. The first-order valence-corrected chi connectivity index (χ1v) is 17.1. The van der Waals surface area contributed by atoms with E-state index in [0.29, 0.717) is 37.1 Å². The molecule has 209 valence electrons. The zero-order chi connectivity index (χ0) is 28.9. The molecule has 0 bridgehead atoms. The molecule has 0 saturated carbocycles. The minimum absolute atomic E-state index is 0.00842. The Labute approximate surface area is 234 Å². The van der Waals surface area contributed by atoms with Crippen molar-refractivity contribution < 1.29 is 19.0 Å². The van der Waals surface area contributed by atoms with E-state index >= 15 is 0 Å². The molecular weight excluding hydrogens is 527 g/mol. The summed E-state index contributed by atoms with van der Waals surface area (Å²) in [4.78, 5) is 28.0. The van der Waals surface area contributed by atoms with Crippen molar-refractivity contribution in [1.82, 2.24) is 14.7 Å². The van der Waals surface area contributed by atoms with Gasteiger partial charge in [-0.05, 0) is 60.7 Å². The van der Waals surface area contributed by atoms with Crippen LogP contribution in [0.5, 0.6) is 5.75 Å². The lowest BCUT2D eigenvalue weighted by Gasteiger charge is -2.28. The van der Waals surface area contributed by atoms with Crippen LogP contribution in [0.1, 0.15) is 45.9 Å². The number of carbonyl (C=O) groups is 1. The van der Waals surface area contributed by atoms with E-state index in [1.807, 2.05) is 24.6 Å². The number of benzene rings is 2. The normalized spacial score (nSPS) is 16.1. The fraction of sp³-hybridized carbons (Fsp3) is 0.367. The van der Waals surface area contributed by atoms with Crippen LogP contribution >= 0.6 is 0 Å². The number of nitrogens with zero attached hydrogens (tertiary/aromatic N) is 4. The Kier molecular flexibility index (Phi) is 9.17. The summed E-state index contributed by atoms with van der Waals surface area (Å²) in [5, 5.41) is 23.7. The monoisotopic (exact) mass is 561 g/mol. The van der Waals surface area contributed by atoms with Crippen LogP contribution < -0.4 is 5.43 Å². The minimum atomic E-state index is -1.29. The van der Waals surface area contributed by atoms with Gasteiger partial charge in [0, 0.05) is 33.2 Å². The summed E-state index contributed by atoms with van der Waals surface area (Å²) in [6, 6.07) is 16.0. The first kappa shape index (κ1) is 29.2. The lowest BCUT2D eigenvalue weighted by molar-refractivity contribution is 0.0692. The van der Waals surface area contributed by atoms with Gasteiger partial charge in [-0.3, -0.25) is 9.59 Å². The highest BCUT2D eigenvalue weighted by Crippen LogP contribution is 2.34. The third-order valence-electron chi connectivity index (χ3n) is 6.95. The summed E-state index contributed by atoms with van der Waals surface area (Å²) in [7, 11) is -1.29. The van der Waals surface area contributed by atoms with Gasteiger partial charge in [0.2, 0.25) is 0 Å². The molecule has 1 amide bonds. The highest BCUT2D eigenvalue weighted by Gasteiger charge is 2.35. The fourth-order valence-corrected chi connectivity index (χ4v) is 5.51. The van der Waals surface area contributed by atoms with Crippen molar-refractivity contribution in [2.45, 2.75) is 57.2 Å². The molecule has 1 saturated heterocycles. The predicted octanol–water partition coefficient (Wildman–Crippen LogP) is 4.91. The van der Waals surface area contributed by atoms with Crippen LogP contribution in [0.4, 0.5) is 4.39 Å². The molecule has 10 heteroatoms. The molecule has 4 rings (SSSR count). The molecule has 1 aliphatic heterocycles. The molecule has 2 aromatic carbocycles. The van der Waals surface area contributed by atoms with Crippen molar-refractivity contribution in [3.05, 3.63) is 99.6 Å². The highest BCUT2D eigenvalue weighted by atomic mass is 28.3. The summed E-state index contributed by atoms with van der Waals surface area (Å²) in [5.74, 6) is -1.88. The van der Waals surface area contributed by atoms with Crippen LogP contribution in [-0.4, -0.2) is 53.0 Å². The molecule has 1 radical (unpaired) electrons. The summed E-state index contributed by atoms with van der Waals surface area (Å²) < 4.78 is 21.2. The zero-order valence-corrected chi connectivity index (χ0v) is 24.0. The van der Waals surface area contributed by atoms with Crippen molar-refractivity contribution in [2.75, 3.05) is 13.2 Å². The molecule has 2 atom stereocenters. The molecule has 8 nitrogen and oxygen atoms in total. The Morgan fingerprint density at radius 1 is 1.25 bits per heavy atom. The first-order valence-electron chi connectivity index (χ1n) is 13.4. The number of aromatic hydroxyl groups is 1. The van der Waals surface area contributed by atoms with Crippen LogP contribution in [0.2, 0.25) is 25.7 Å². The smallest absolute Gasteiger partial charge is 0.278 e. The summed E-state index contributed by atoms with van der Waals surface area (Å²) in [5.41, 5.74) is 0.863. The maximum absolute atomic E-state index is 14.2. The van der Waals surface area contributed by atoms with E-state index in [9.17, 15) is 24.3 Å². The predicted molar refractivity (Wildman–Crippen MR) is 152 cm³/mol. The molecule has 2 heterocycles. The van der Waals surface area contributed by atoms with E-state index in [-0.39, 0.29) is 30.2 Å². The van der Waals surface area contributed by atoms with E-state index < -0.39 is 25.2 Å². The number of likely N-dealkylation sites (tertiary alicyclic amines) is 1. The molecule has 0 unspecified atom stereocenters. The molecule has 0 aliphatic carbocycles. The average molecular weight is 562 g/mol. The molecule has 1 N–H and O–H groups in total. The number of ether oxygens (including phenoxy) is 1. The minimum Gasteiger partial charge on any atom is -0.503 e. The van der Waals surface area contributed by atoms with Crippen molar-refractivity contribution in [3.8, 4) is 11.8 Å².